The summed E-state index contributed by atoms with van der Waals surface area (Å²) in [5.41, 5.74) is 2.77. The zero-order valence-electron chi connectivity index (χ0n) is 17.1. The van der Waals surface area contributed by atoms with E-state index in [0.29, 0.717) is 15.7 Å². The second-order valence-corrected chi connectivity index (χ2v) is 8.60. The number of halogens is 2. The van der Waals surface area contributed by atoms with Crippen LogP contribution in [0.5, 0.6) is 0 Å². The lowest BCUT2D eigenvalue weighted by Gasteiger charge is -2.07. The van der Waals surface area contributed by atoms with Gasteiger partial charge in [-0.1, -0.05) is 47.5 Å². The maximum absolute atomic E-state index is 12.2. The van der Waals surface area contributed by atoms with Gasteiger partial charge in [-0.05, 0) is 47.9 Å². The highest BCUT2D eigenvalue weighted by molar-refractivity contribution is 7.13. The number of amides is 1. The standard InChI is InChI=1S/C24H17Cl2N3O3S/c25-17-9-10-20(19(26)13-17)27-22(30)15-32-23(31)11-8-16-14-29(18-5-2-1-3-6-18)28-24(16)21-7-4-12-33-21/h1-14H,15H2,(H,27,30). The van der Waals surface area contributed by atoms with Crippen LogP contribution >= 0.6 is 34.5 Å². The third-order valence-electron chi connectivity index (χ3n) is 4.47. The SMILES string of the molecule is O=C(COC(=O)C=Cc1cn(-c2ccccc2)nc1-c1cccs1)Nc1ccc(Cl)cc1Cl. The molecule has 33 heavy (non-hydrogen) atoms. The van der Waals surface area contributed by atoms with Crippen molar-refractivity contribution in [3.63, 3.8) is 0 Å². The van der Waals surface area contributed by atoms with Crippen LogP contribution in [0.15, 0.2) is 78.3 Å². The molecule has 0 aliphatic carbocycles. The van der Waals surface area contributed by atoms with Crippen molar-refractivity contribution in [1.29, 1.82) is 0 Å². The van der Waals surface area contributed by atoms with Crippen molar-refractivity contribution in [3.05, 3.63) is 93.9 Å². The molecule has 0 atom stereocenters. The molecule has 0 saturated carbocycles. The molecule has 166 valence electrons. The first-order chi connectivity index (χ1) is 16.0. The summed E-state index contributed by atoms with van der Waals surface area (Å²) in [6.07, 6.45) is 4.73. The van der Waals surface area contributed by atoms with E-state index in [1.54, 1.807) is 34.2 Å². The Hall–Kier alpha value is -3.39. The van der Waals surface area contributed by atoms with E-state index < -0.39 is 18.5 Å². The number of hydrogen-bond acceptors (Lipinski definition) is 5. The van der Waals surface area contributed by atoms with Crippen molar-refractivity contribution in [2.45, 2.75) is 0 Å². The molecule has 9 heteroatoms. The number of aromatic nitrogens is 2. The highest BCUT2D eigenvalue weighted by atomic mass is 35.5. The fourth-order valence-corrected chi connectivity index (χ4v) is 4.13. The first-order valence-electron chi connectivity index (χ1n) is 9.78. The first-order valence-corrected chi connectivity index (χ1v) is 11.4. The average Bonchev–Trinajstić information content (AvgIpc) is 3.49. The number of carbonyl (C=O) groups is 2. The number of esters is 1. The number of nitrogens with one attached hydrogen (secondary N) is 1. The molecule has 0 fully saturated rings. The van der Waals surface area contributed by atoms with Crippen LogP contribution in [0.3, 0.4) is 0 Å². The number of thiophene rings is 1. The van der Waals surface area contributed by atoms with Crippen LogP contribution in [-0.2, 0) is 14.3 Å². The van der Waals surface area contributed by atoms with E-state index in [4.69, 9.17) is 27.9 Å². The van der Waals surface area contributed by atoms with Crippen molar-refractivity contribution >= 4 is 58.2 Å². The van der Waals surface area contributed by atoms with Crippen molar-refractivity contribution in [1.82, 2.24) is 9.78 Å². The maximum Gasteiger partial charge on any atom is 0.331 e. The minimum Gasteiger partial charge on any atom is -0.452 e. The zero-order valence-corrected chi connectivity index (χ0v) is 19.4. The molecule has 0 bridgehead atoms. The molecule has 2 heterocycles. The Balaban J connectivity index is 1.43. The summed E-state index contributed by atoms with van der Waals surface area (Å²) in [4.78, 5) is 25.3. The Morgan fingerprint density at radius 1 is 1.09 bits per heavy atom. The third kappa shape index (κ3) is 5.90. The number of anilines is 1. The van der Waals surface area contributed by atoms with Gasteiger partial charge in [0.2, 0.25) is 0 Å². The van der Waals surface area contributed by atoms with Gasteiger partial charge in [-0.15, -0.1) is 11.3 Å². The third-order valence-corrected chi connectivity index (χ3v) is 5.89. The van der Waals surface area contributed by atoms with E-state index in [0.717, 1.165) is 21.8 Å². The number of ether oxygens (including phenoxy) is 1. The monoisotopic (exact) mass is 497 g/mol. The second kappa shape index (κ2) is 10.5. The minimum absolute atomic E-state index is 0.290. The molecule has 0 radical (unpaired) electrons. The second-order valence-electron chi connectivity index (χ2n) is 6.80. The molecule has 2 aromatic heterocycles. The molecule has 1 amide bonds. The van der Waals surface area contributed by atoms with Gasteiger partial charge < -0.3 is 10.1 Å². The highest BCUT2D eigenvalue weighted by Crippen LogP contribution is 2.29. The summed E-state index contributed by atoms with van der Waals surface area (Å²) >= 11 is 13.4. The van der Waals surface area contributed by atoms with Gasteiger partial charge in [-0.3, -0.25) is 4.79 Å². The fourth-order valence-electron chi connectivity index (χ4n) is 2.95. The number of carbonyl (C=O) groups excluding carboxylic acids is 2. The number of nitrogens with zero attached hydrogens (tertiary/aromatic N) is 2. The topological polar surface area (TPSA) is 73.2 Å². The lowest BCUT2D eigenvalue weighted by atomic mass is 10.2. The average molecular weight is 498 g/mol. The van der Waals surface area contributed by atoms with Gasteiger partial charge in [0.05, 0.1) is 21.3 Å². The smallest absolute Gasteiger partial charge is 0.331 e. The molecule has 0 aliphatic rings. The van der Waals surface area contributed by atoms with Crippen LogP contribution in [0.2, 0.25) is 10.0 Å². The maximum atomic E-state index is 12.2. The summed E-state index contributed by atoms with van der Waals surface area (Å²) in [6.45, 7) is -0.455. The normalized spacial score (nSPS) is 11.0. The van der Waals surface area contributed by atoms with E-state index in [-0.39, 0.29) is 0 Å². The predicted molar refractivity (Wildman–Crippen MR) is 132 cm³/mol. The molecule has 1 N–H and O–H groups in total. The fraction of sp³-hybridized carbons (Fsp3) is 0.0417. The molecule has 0 aliphatic heterocycles. The molecule has 2 aromatic carbocycles. The van der Waals surface area contributed by atoms with Gasteiger partial charge >= 0.3 is 5.97 Å². The zero-order chi connectivity index (χ0) is 23.2. The van der Waals surface area contributed by atoms with E-state index >= 15 is 0 Å². The summed E-state index contributed by atoms with van der Waals surface area (Å²) in [5.74, 6) is -1.17. The summed E-state index contributed by atoms with van der Waals surface area (Å²) in [7, 11) is 0. The van der Waals surface area contributed by atoms with Crippen LogP contribution in [-0.4, -0.2) is 28.3 Å². The van der Waals surface area contributed by atoms with Crippen molar-refractivity contribution in [3.8, 4) is 16.3 Å². The van der Waals surface area contributed by atoms with E-state index in [9.17, 15) is 9.59 Å². The molecule has 6 nitrogen and oxygen atoms in total. The van der Waals surface area contributed by atoms with Gasteiger partial charge in [-0.25, -0.2) is 9.48 Å². The lowest BCUT2D eigenvalue weighted by molar-refractivity contribution is -0.142. The summed E-state index contributed by atoms with van der Waals surface area (Å²) in [6, 6.07) is 18.2. The Morgan fingerprint density at radius 3 is 2.64 bits per heavy atom. The number of rotatable bonds is 7. The highest BCUT2D eigenvalue weighted by Gasteiger charge is 2.13. The largest absolute Gasteiger partial charge is 0.452 e. The first kappa shape index (κ1) is 22.8. The Bertz CT molecular complexity index is 1300. The van der Waals surface area contributed by atoms with E-state index in [1.165, 1.54) is 12.1 Å². The number of para-hydroxylation sites is 1. The summed E-state index contributed by atoms with van der Waals surface area (Å²) < 4.78 is 6.81. The van der Waals surface area contributed by atoms with Crippen molar-refractivity contribution in [2.24, 2.45) is 0 Å². The lowest BCUT2D eigenvalue weighted by Crippen LogP contribution is -2.20. The molecule has 0 unspecified atom stereocenters. The number of hydrogen-bond donors (Lipinski definition) is 1. The van der Waals surface area contributed by atoms with Crippen molar-refractivity contribution in [2.75, 3.05) is 11.9 Å². The predicted octanol–water partition coefficient (Wildman–Crippen LogP) is 6.10. The van der Waals surface area contributed by atoms with Gasteiger partial charge in [0.15, 0.2) is 6.61 Å². The van der Waals surface area contributed by atoms with E-state index in [2.05, 4.69) is 10.4 Å². The Morgan fingerprint density at radius 2 is 1.91 bits per heavy atom. The molecular formula is C24H17Cl2N3O3S. The van der Waals surface area contributed by atoms with Gasteiger partial charge in [-0.2, -0.15) is 5.10 Å². The molecular weight excluding hydrogens is 481 g/mol. The molecule has 0 spiro atoms. The van der Waals surface area contributed by atoms with E-state index in [1.807, 2.05) is 54.0 Å². The van der Waals surface area contributed by atoms with Gasteiger partial charge in [0, 0.05) is 22.9 Å². The Labute approximate surface area is 204 Å². The number of benzene rings is 2. The van der Waals surface area contributed by atoms with Crippen LogP contribution in [0.4, 0.5) is 5.69 Å². The van der Waals surface area contributed by atoms with Crippen LogP contribution in [0.25, 0.3) is 22.3 Å². The van der Waals surface area contributed by atoms with Crippen LogP contribution < -0.4 is 5.32 Å². The van der Waals surface area contributed by atoms with Crippen molar-refractivity contribution < 1.29 is 14.3 Å². The molecule has 4 aromatic rings. The Kier molecular flexibility index (Phi) is 7.24. The van der Waals surface area contributed by atoms with Crippen LogP contribution in [0.1, 0.15) is 5.56 Å². The van der Waals surface area contributed by atoms with Gasteiger partial charge in [0.1, 0.15) is 5.69 Å². The molecule has 4 rings (SSSR count). The summed E-state index contributed by atoms with van der Waals surface area (Å²) in [5, 5.41) is 9.95. The molecule has 0 saturated heterocycles. The van der Waals surface area contributed by atoms with Gasteiger partial charge in [0.25, 0.3) is 5.91 Å². The minimum atomic E-state index is -0.656. The van der Waals surface area contributed by atoms with Crippen LogP contribution in [0, 0.1) is 0 Å². The quantitative estimate of drug-likeness (QED) is 0.247.